The maximum Gasteiger partial charge on any atom is 0.430 e. The summed E-state index contributed by atoms with van der Waals surface area (Å²) in [5, 5.41) is 0.255. The minimum Gasteiger partial charge on any atom is -0.395 e. The molecule has 2 N–H and O–H groups in total. The number of rotatable bonds is 6. The molecule has 9 heteroatoms. The van der Waals surface area contributed by atoms with Crippen LogP contribution in [0.1, 0.15) is 33.2 Å². The summed E-state index contributed by atoms with van der Waals surface area (Å²) in [6, 6.07) is 19.0. The van der Waals surface area contributed by atoms with E-state index in [2.05, 4.69) is 4.99 Å². The predicted octanol–water partition coefficient (Wildman–Crippen LogP) is 6.34. The van der Waals surface area contributed by atoms with Gasteiger partial charge in [-0.2, -0.15) is 13.2 Å². The van der Waals surface area contributed by atoms with E-state index in [1.165, 1.54) is 36.1 Å². The van der Waals surface area contributed by atoms with Crippen LogP contribution in [0.25, 0.3) is 0 Å². The Kier molecular flexibility index (Phi) is 7.76. The van der Waals surface area contributed by atoms with Crippen LogP contribution in [0.4, 0.5) is 24.5 Å². The maximum absolute atomic E-state index is 13.1. The molecular weight excluding hydrogens is 479 g/mol. The van der Waals surface area contributed by atoms with E-state index in [-0.39, 0.29) is 33.7 Å². The first kappa shape index (κ1) is 25.7. The van der Waals surface area contributed by atoms with E-state index in [1.54, 1.807) is 55.6 Å². The molecule has 0 aliphatic carbocycles. The Labute approximate surface area is 205 Å². The largest absolute Gasteiger partial charge is 0.430 e. The monoisotopic (exact) mass is 499 g/mol. The molecule has 0 fully saturated rings. The number of allylic oxidation sites excluding steroid dienone is 2. The van der Waals surface area contributed by atoms with Gasteiger partial charge in [0.2, 0.25) is 0 Å². The number of aliphatic imine (C=N–C) groups is 1. The van der Waals surface area contributed by atoms with Gasteiger partial charge in [-0.3, -0.25) is 9.59 Å². The summed E-state index contributed by atoms with van der Waals surface area (Å²) >= 11 is 6.12. The van der Waals surface area contributed by atoms with Crippen LogP contribution in [0.5, 0.6) is 0 Å². The Morgan fingerprint density at radius 2 is 1.57 bits per heavy atom. The summed E-state index contributed by atoms with van der Waals surface area (Å²) in [7, 11) is 1.56. The van der Waals surface area contributed by atoms with Gasteiger partial charge in [-0.25, -0.2) is 4.99 Å². The summed E-state index contributed by atoms with van der Waals surface area (Å²) in [5.41, 5.74) is 5.67. The Morgan fingerprint density at radius 1 is 0.943 bits per heavy atom. The maximum atomic E-state index is 13.1. The fourth-order valence-corrected chi connectivity index (χ4v) is 3.29. The van der Waals surface area contributed by atoms with E-state index in [4.69, 9.17) is 17.3 Å². The summed E-state index contributed by atoms with van der Waals surface area (Å²) in [6.45, 7) is 1.43. The molecule has 0 saturated carbocycles. The molecule has 0 aliphatic rings. The van der Waals surface area contributed by atoms with E-state index in [1.807, 2.05) is 0 Å². The highest BCUT2D eigenvalue weighted by Gasteiger charge is 2.31. The fraction of sp³-hybridized carbons (Fsp3) is 0.115. The van der Waals surface area contributed by atoms with Crippen molar-refractivity contribution in [1.29, 1.82) is 0 Å². The first-order valence-electron chi connectivity index (χ1n) is 10.3. The molecular formula is C26H21ClF3N3O2. The van der Waals surface area contributed by atoms with Crippen molar-refractivity contribution in [1.82, 2.24) is 0 Å². The van der Waals surface area contributed by atoms with Crippen LogP contribution in [-0.2, 0) is 0 Å². The van der Waals surface area contributed by atoms with Gasteiger partial charge in [0.05, 0.1) is 16.4 Å². The molecule has 0 aliphatic heterocycles. The molecule has 3 aromatic carbocycles. The van der Waals surface area contributed by atoms with Gasteiger partial charge in [0.1, 0.15) is 5.70 Å². The number of hydrogen-bond donors (Lipinski definition) is 1. The Hall–Kier alpha value is -3.91. The minimum absolute atomic E-state index is 0.0746. The van der Waals surface area contributed by atoms with Gasteiger partial charge < -0.3 is 10.6 Å². The summed E-state index contributed by atoms with van der Waals surface area (Å²) in [4.78, 5) is 30.3. The molecule has 0 atom stereocenters. The number of nitrogens with two attached hydrogens (primary N) is 1. The Bertz CT molecular complexity index is 1320. The second-order valence-electron chi connectivity index (χ2n) is 7.59. The Morgan fingerprint density at radius 3 is 2.17 bits per heavy atom. The van der Waals surface area contributed by atoms with Crippen LogP contribution >= 0.6 is 11.6 Å². The van der Waals surface area contributed by atoms with Crippen molar-refractivity contribution in [2.75, 3.05) is 11.9 Å². The molecule has 0 spiro atoms. The fourth-order valence-electron chi connectivity index (χ4n) is 3.11. The summed E-state index contributed by atoms with van der Waals surface area (Å²) in [5.74, 6) is -0.499. The Balaban J connectivity index is 1.96. The average Bonchev–Trinajstić information content (AvgIpc) is 2.83. The van der Waals surface area contributed by atoms with Crippen molar-refractivity contribution in [2.45, 2.75) is 13.1 Å². The standard InChI is InChI=1S/C26H21ClF3N3O2/c1-16(34)19-6-5-7-20(14-19)33(2)25(35)18-12-10-17(11-13-18)23(15-24(31)26(28,29)30)32-22-9-4-3-8-21(22)27/h3-15H,31H2,1-2H3. The number of carbonyl (C=O) groups is 2. The van der Waals surface area contributed by atoms with Crippen LogP contribution in [0.15, 0.2) is 89.6 Å². The first-order valence-corrected chi connectivity index (χ1v) is 10.7. The van der Waals surface area contributed by atoms with Crippen LogP contribution in [-0.4, -0.2) is 30.6 Å². The van der Waals surface area contributed by atoms with Crippen molar-refractivity contribution >= 4 is 40.4 Å². The van der Waals surface area contributed by atoms with Gasteiger partial charge in [-0.05, 0) is 49.4 Å². The SMILES string of the molecule is CC(=O)c1cccc(N(C)C(=O)c2ccc(C(C=C(N)C(F)(F)F)=Nc3ccccc3Cl)cc2)c1. The number of Topliss-reactive ketones (excluding diaryl/α,β-unsaturated/α-hetero) is 1. The van der Waals surface area contributed by atoms with Gasteiger partial charge >= 0.3 is 6.18 Å². The first-order chi connectivity index (χ1) is 16.5. The molecule has 0 radical (unpaired) electrons. The zero-order valence-corrected chi connectivity index (χ0v) is 19.6. The average molecular weight is 500 g/mol. The summed E-state index contributed by atoms with van der Waals surface area (Å²) < 4.78 is 39.3. The molecule has 0 bridgehead atoms. The third-order valence-electron chi connectivity index (χ3n) is 5.09. The highest BCUT2D eigenvalue weighted by molar-refractivity contribution is 6.33. The van der Waals surface area contributed by atoms with Crippen molar-refractivity contribution in [3.63, 3.8) is 0 Å². The number of benzene rings is 3. The van der Waals surface area contributed by atoms with Crippen molar-refractivity contribution in [2.24, 2.45) is 10.7 Å². The molecule has 3 aromatic rings. The lowest BCUT2D eigenvalue weighted by atomic mass is 10.0. The molecule has 3 rings (SSSR count). The third kappa shape index (κ3) is 6.36. The van der Waals surface area contributed by atoms with Crippen LogP contribution in [0.3, 0.4) is 0 Å². The van der Waals surface area contributed by atoms with E-state index in [9.17, 15) is 22.8 Å². The zero-order chi connectivity index (χ0) is 25.8. The molecule has 35 heavy (non-hydrogen) atoms. The quantitative estimate of drug-likeness (QED) is 0.317. The van der Waals surface area contributed by atoms with Gasteiger partial charge in [-0.15, -0.1) is 0 Å². The second-order valence-corrected chi connectivity index (χ2v) is 8.00. The predicted molar refractivity (Wildman–Crippen MR) is 132 cm³/mol. The van der Waals surface area contributed by atoms with Crippen molar-refractivity contribution in [3.8, 4) is 0 Å². The number of nitrogens with zero attached hydrogens (tertiary/aromatic N) is 2. The van der Waals surface area contributed by atoms with Gasteiger partial charge in [0, 0.05) is 29.4 Å². The van der Waals surface area contributed by atoms with Gasteiger partial charge in [-0.1, -0.05) is 48.0 Å². The number of amides is 1. The third-order valence-corrected chi connectivity index (χ3v) is 5.40. The number of alkyl halides is 3. The molecule has 0 saturated heterocycles. The lowest BCUT2D eigenvalue weighted by Crippen LogP contribution is -2.26. The minimum atomic E-state index is -4.74. The van der Waals surface area contributed by atoms with E-state index in [0.29, 0.717) is 16.8 Å². The molecule has 0 aromatic heterocycles. The van der Waals surface area contributed by atoms with Crippen molar-refractivity contribution in [3.05, 3.63) is 106 Å². The summed E-state index contributed by atoms with van der Waals surface area (Å²) in [6.07, 6.45) is -4.02. The number of carbonyl (C=O) groups excluding carboxylic acids is 2. The molecule has 0 unspecified atom stereocenters. The number of ketones is 1. The smallest absolute Gasteiger partial charge is 0.395 e. The number of para-hydroxylation sites is 1. The van der Waals surface area contributed by atoms with E-state index >= 15 is 0 Å². The topological polar surface area (TPSA) is 75.8 Å². The van der Waals surface area contributed by atoms with E-state index < -0.39 is 11.9 Å². The number of hydrogen-bond acceptors (Lipinski definition) is 4. The molecule has 1 amide bonds. The zero-order valence-electron chi connectivity index (χ0n) is 18.8. The number of anilines is 1. The normalized spacial score (nSPS) is 12.4. The van der Waals surface area contributed by atoms with Gasteiger partial charge in [0.25, 0.3) is 5.91 Å². The lowest BCUT2D eigenvalue weighted by molar-refractivity contribution is -0.0925. The second kappa shape index (κ2) is 10.6. The highest BCUT2D eigenvalue weighted by Crippen LogP contribution is 2.27. The van der Waals surface area contributed by atoms with Gasteiger partial charge in [0.15, 0.2) is 5.78 Å². The lowest BCUT2D eigenvalue weighted by Gasteiger charge is -2.18. The highest BCUT2D eigenvalue weighted by atomic mass is 35.5. The van der Waals surface area contributed by atoms with Crippen LogP contribution < -0.4 is 10.6 Å². The van der Waals surface area contributed by atoms with Crippen molar-refractivity contribution < 1.29 is 22.8 Å². The molecule has 180 valence electrons. The van der Waals surface area contributed by atoms with Crippen LogP contribution in [0.2, 0.25) is 5.02 Å². The van der Waals surface area contributed by atoms with E-state index in [0.717, 1.165) is 6.08 Å². The van der Waals surface area contributed by atoms with Crippen LogP contribution in [0, 0.1) is 0 Å². The number of halogens is 4. The molecule has 5 nitrogen and oxygen atoms in total. The molecule has 0 heterocycles.